The molecule has 1 aromatic heterocycles. The number of hydrogen-bond donors (Lipinski definition) is 3. The number of nitrogens with one attached hydrogen (secondary N) is 2. The van der Waals surface area contributed by atoms with Crippen molar-refractivity contribution in [1.82, 2.24) is 9.97 Å². The van der Waals surface area contributed by atoms with E-state index in [0.717, 1.165) is 29.7 Å². The van der Waals surface area contributed by atoms with Gasteiger partial charge in [-0.25, -0.2) is 4.79 Å². The highest BCUT2D eigenvalue weighted by molar-refractivity contribution is 5.79. The molecule has 3 rings (SSSR count). The normalized spacial score (nSPS) is 21.5. The van der Waals surface area contributed by atoms with Gasteiger partial charge in [-0.05, 0) is 30.5 Å². The largest absolute Gasteiger partial charge is 0.481 e. The Hall–Kier alpha value is -2.24. The molecular formula is C13H15N3O3. The highest BCUT2D eigenvalue weighted by Gasteiger charge is 2.43. The Morgan fingerprint density at radius 3 is 2.84 bits per heavy atom. The van der Waals surface area contributed by atoms with Crippen molar-refractivity contribution in [3.05, 3.63) is 28.7 Å². The molecule has 1 heterocycles. The van der Waals surface area contributed by atoms with Crippen molar-refractivity contribution < 1.29 is 9.90 Å². The first-order valence-corrected chi connectivity index (χ1v) is 6.20. The number of fused-ring (bicyclic) bond motifs is 1. The van der Waals surface area contributed by atoms with Gasteiger partial charge < -0.3 is 20.0 Å². The van der Waals surface area contributed by atoms with Crippen molar-refractivity contribution in [2.24, 2.45) is 11.8 Å². The lowest BCUT2D eigenvalue weighted by molar-refractivity contribution is -0.138. The Labute approximate surface area is 109 Å². The van der Waals surface area contributed by atoms with Crippen molar-refractivity contribution in [3.63, 3.8) is 0 Å². The number of imidazole rings is 1. The van der Waals surface area contributed by atoms with Crippen LogP contribution in [0.15, 0.2) is 23.0 Å². The molecule has 0 aliphatic heterocycles. The number of aliphatic carboxylic acids is 1. The number of aromatic amines is 2. The number of aromatic nitrogens is 2. The molecule has 1 aliphatic rings. The number of carbonyl (C=O) groups is 1. The third-order valence-electron chi connectivity index (χ3n) is 3.69. The quantitative estimate of drug-likeness (QED) is 0.766. The monoisotopic (exact) mass is 261 g/mol. The van der Waals surface area contributed by atoms with E-state index in [2.05, 4.69) is 9.97 Å². The van der Waals surface area contributed by atoms with Gasteiger partial charge in [-0.2, -0.15) is 0 Å². The standard InChI is InChI=1S/C13H15N3O3/c1-16(6-7-4-9(7)12(17)18)8-2-3-10-11(5-8)15-13(19)14-10/h2-3,5,7,9H,4,6H2,1H3,(H,17,18)(H2,14,15,19). The summed E-state index contributed by atoms with van der Waals surface area (Å²) in [7, 11) is 1.93. The highest BCUT2D eigenvalue weighted by Crippen LogP contribution is 2.39. The Bertz CT molecular complexity index is 688. The fourth-order valence-electron chi connectivity index (χ4n) is 2.47. The van der Waals surface area contributed by atoms with Crippen LogP contribution in [0.5, 0.6) is 0 Å². The summed E-state index contributed by atoms with van der Waals surface area (Å²) in [6, 6.07) is 5.66. The second kappa shape index (κ2) is 4.15. The van der Waals surface area contributed by atoms with Crippen LogP contribution in [0.3, 0.4) is 0 Å². The van der Waals surface area contributed by atoms with Crippen molar-refractivity contribution in [1.29, 1.82) is 0 Å². The van der Waals surface area contributed by atoms with Crippen LogP contribution in [0, 0.1) is 11.8 Å². The van der Waals surface area contributed by atoms with Crippen LogP contribution in [-0.2, 0) is 4.79 Å². The second-order valence-electron chi connectivity index (χ2n) is 5.13. The summed E-state index contributed by atoms with van der Waals surface area (Å²) >= 11 is 0. The maximum Gasteiger partial charge on any atom is 0.323 e. The summed E-state index contributed by atoms with van der Waals surface area (Å²) in [5.74, 6) is -0.675. The van der Waals surface area contributed by atoms with Crippen molar-refractivity contribution >= 4 is 22.7 Å². The van der Waals surface area contributed by atoms with Crippen LogP contribution in [-0.4, -0.2) is 34.6 Å². The molecule has 0 amide bonds. The van der Waals surface area contributed by atoms with Gasteiger partial charge in [0.1, 0.15) is 0 Å². The van der Waals surface area contributed by atoms with Gasteiger partial charge in [0.2, 0.25) is 0 Å². The first kappa shape index (κ1) is 11.8. The zero-order valence-electron chi connectivity index (χ0n) is 10.5. The maximum atomic E-state index is 11.2. The lowest BCUT2D eigenvalue weighted by atomic mass is 10.2. The van der Waals surface area contributed by atoms with E-state index >= 15 is 0 Å². The molecule has 0 bridgehead atoms. The minimum atomic E-state index is -0.705. The minimum Gasteiger partial charge on any atom is -0.481 e. The molecule has 6 heteroatoms. The predicted octanol–water partition coefficient (Wildman–Crippen LogP) is 1.01. The zero-order valence-corrected chi connectivity index (χ0v) is 10.5. The van der Waals surface area contributed by atoms with Crippen LogP contribution in [0.25, 0.3) is 11.0 Å². The predicted molar refractivity (Wildman–Crippen MR) is 71.4 cm³/mol. The van der Waals surface area contributed by atoms with Crippen molar-refractivity contribution in [3.8, 4) is 0 Å². The molecule has 19 heavy (non-hydrogen) atoms. The number of anilines is 1. The Balaban J connectivity index is 1.76. The Morgan fingerprint density at radius 1 is 1.42 bits per heavy atom. The molecule has 1 saturated carbocycles. The van der Waals surface area contributed by atoms with E-state index < -0.39 is 5.97 Å². The summed E-state index contributed by atoms with van der Waals surface area (Å²) in [4.78, 5) is 29.4. The SMILES string of the molecule is CN(CC1CC1C(=O)O)c1ccc2[nH]c(=O)[nH]c2c1. The van der Waals surface area contributed by atoms with Crippen molar-refractivity contribution in [2.75, 3.05) is 18.5 Å². The number of rotatable bonds is 4. The Kier molecular flexibility index (Phi) is 2.58. The molecule has 100 valence electrons. The van der Waals surface area contributed by atoms with E-state index in [0.29, 0.717) is 0 Å². The van der Waals surface area contributed by atoms with E-state index in [-0.39, 0.29) is 17.5 Å². The molecule has 0 spiro atoms. The van der Waals surface area contributed by atoms with Gasteiger partial charge >= 0.3 is 11.7 Å². The third-order valence-corrected chi connectivity index (χ3v) is 3.69. The molecule has 0 radical (unpaired) electrons. The molecule has 1 aromatic carbocycles. The van der Waals surface area contributed by atoms with Gasteiger partial charge in [-0.15, -0.1) is 0 Å². The molecule has 1 aliphatic carbocycles. The summed E-state index contributed by atoms with van der Waals surface area (Å²) < 4.78 is 0. The summed E-state index contributed by atoms with van der Waals surface area (Å²) in [5.41, 5.74) is 2.29. The van der Waals surface area contributed by atoms with Crippen LogP contribution in [0.2, 0.25) is 0 Å². The molecule has 1 fully saturated rings. The first-order chi connectivity index (χ1) is 9.04. The topological polar surface area (TPSA) is 89.2 Å². The average Bonchev–Trinajstić information content (AvgIpc) is 3.01. The lowest BCUT2D eigenvalue weighted by Gasteiger charge is -2.19. The Morgan fingerprint density at radius 2 is 2.16 bits per heavy atom. The van der Waals surface area contributed by atoms with Crippen LogP contribution < -0.4 is 10.6 Å². The summed E-state index contributed by atoms with van der Waals surface area (Å²) in [6.45, 7) is 0.719. The summed E-state index contributed by atoms with van der Waals surface area (Å²) in [6.07, 6.45) is 0.753. The number of carboxylic acids is 1. The van der Waals surface area contributed by atoms with E-state index in [4.69, 9.17) is 5.11 Å². The van der Waals surface area contributed by atoms with Crippen LogP contribution in [0.4, 0.5) is 5.69 Å². The first-order valence-electron chi connectivity index (χ1n) is 6.20. The molecule has 6 nitrogen and oxygen atoms in total. The lowest BCUT2D eigenvalue weighted by Crippen LogP contribution is -2.21. The van der Waals surface area contributed by atoms with Gasteiger partial charge in [0.15, 0.2) is 0 Å². The molecule has 2 aromatic rings. The van der Waals surface area contributed by atoms with E-state index in [9.17, 15) is 9.59 Å². The average molecular weight is 261 g/mol. The number of hydrogen-bond acceptors (Lipinski definition) is 3. The van der Waals surface area contributed by atoms with Gasteiger partial charge in [0, 0.05) is 19.3 Å². The van der Waals surface area contributed by atoms with Crippen LogP contribution >= 0.6 is 0 Å². The zero-order chi connectivity index (χ0) is 13.6. The van der Waals surface area contributed by atoms with Gasteiger partial charge in [0.25, 0.3) is 0 Å². The minimum absolute atomic E-state index is 0.196. The summed E-state index contributed by atoms with van der Waals surface area (Å²) in [5, 5.41) is 8.89. The third kappa shape index (κ3) is 2.21. The van der Waals surface area contributed by atoms with Crippen molar-refractivity contribution in [2.45, 2.75) is 6.42 Å². The van der Waals surface area contributed by atoms with Gasteiger partial charge in [-0.1, -0.05) is 0 Å². The second-order valence-corrected chi connectivity index (χ2v) is 5.13. The maximum absolute atomic E-state index is 11.2. The highest BCUT2D eigenvalue weighted by atomic mass is 16.4. The fraction of sp³-hybridized carbons (Fsp3) is 0.385. The van der Waals surface area contributed by atoms with E-state index in [1.807, 2.05) is 30.1 Å². The number of H-pyrrole nitrogens is 2. The number of nitrogens with zero attached hydrogens (tertiary/aromatic N) is 1. The molecule has 3 N–H and O–H groups in total. The van der Waals surface area contributed by atoms with Crippen LogP contribution in [0.1, 0.15) is 6.42 Å². The fourth-order valence-corrected chi connectivity index (χ4v) is 2.47. The van der Waals surface area contributed by atoms with Gasteiger partial charge in [0.05, 0.1) is 17.0 Å². The number of benzene rings is 1. The molecule has 0 saturated heterocycles. The molecule has 2 unspecified atom stereocenters. The number of carboxylic acid groups (broad SMARTS) is 1. The molecule has 2 atom stereocenters. The molecular weight excluding hydrogens is 246 g/mol. The van der Waals surface area contributed by atoms with E-state index in [1.165, 1.54) is 0 Å². The smallest absolute Gasteiger partial charge is 0.323 e. The van der Waals surface area contributed by atoms with E-state index in [1.54, 1.807) is 0 Å². The van der Waals surface area contributed by atoms with Gasteiger partial charge in [-0.3, -0.25) is 4.79 Å².